The third-order valence-electron chi connectivity index (χ3n) is 2.12. The van der Waals surface area contributed by atoms with Crippen LogP contribution in [-0.2, 0) is 4.74 Å². The summed E-state index contributed by atoms with van der Waals surface area (Å²) in [6, 6.07) is 2.08. The number of rotatable bonds is 3. The molecule has 82 valence electrons. The summed E-state index contributed by atoms with van der Waals surface area (Å²) in [6.45, 7) is 2.75. The van der Waals surface area contributed by atoms with Gasteiger partial charge < -0.3 is 10.1 Å². The first-order chi connectivity index (χ1) is 7.34. The average Bonchev–Trinajstić information content (AvgIpc) is 2.28. The van der Waals surface area contributed by atoms with Gasteiger partial charge in [0, 0.05) is 40.6 Å². The topological polar surface area (TPSA) is 34.2 Å². The van der Waals surface area contributed by atoms with Gasteiger partial charge in [-0.25, -0.2) is 0 Å². The van der Waals surface area contributed by atoms with Gasteiger partial charge in [0.1, 0.15) is 0 Å². The molecule has 0 spiro atoms. The van der Waals surface area contributed by atoms with Crippen LogP contribution in [0.4, 0.5) is 0 Å². The zero-order valence-corrected chi connectivity index (χ0v) is 10.7. The molecule has 3 nitrogen and oxygen atoms in total. The van der Waals surface area contributed by atoms with Crippen molar-refractivity contribution in [2.45, 2.75) is 11.0 Å². The van der Waals surface area contributed by atoms with Crippen LogP contribution in [0.15, 0.2) is 27.8 Å². The van der Waals surface area contributed by atoms with Crippen LogP contribution in [0.1, 0.15) is 0 Å². The molecule has 2 rings (SSSR count). The highest BCUT2D eigenvalue weighted by atomic mass is 79.9. The molecule has 0 bridgehead atoms. The number of hydrogen-bond acceptors (Lipinski definition) is 4. The van der Waals surface area contributed by atoms with Gasteiger partial charge in [0.25, 0.3) is 0 Å². The summed E-state index contributed by atoms with van der Waals surface area (Å²) in [5.74, 6) is 0.977. The monoisotopic (exact) mass is 288 g/mol. The maximum absolute atomic E-state index is 5.61. The molecule has 1 saturated heterocycles. The maximum Gasteiger partial charge on any atom is 0.0793 e. The molecule has 0 aliphatic carbocycles. The Hall–Kier alpha value is -0.100. The molecular weight excluding hydrogens is 276 g/mol. The van der Waals surface area contributed by atoms with E-state index in [1.807, 2.05) is 6.20 Å². The van der Waals surface area contributed by atoms with Crippen LogP contribution in [0.5, 0.6) is 0 Å². The molecule has 0 amide bonds. The van der Waals surface area contributed by atoms with Crippen LogP contribution < -0.4 is 5.32 Å². The molecule has 0 aromatic carbocycles. The summed E-state index contributed by atoms with van der Waals surface area (Å²) < 4.78 is 6.64. The van der Waals surface area contributed by atoms with E-state index in [0.29, 0.717) is 6.10 Å². The van der Waals surface area contributed by atoms with E-state index in [4.69, 9.17) is 4.74 Å². The third kappa shape index (κ3) is 3.75. The maximum atomic E-state index is 5.61. The second-order valence-electron chi connectivity index (χ2n) is 3.35. The van der Waals surface area contributed by atoms with Crippen molar-refractivity contribution in [3.63, 3.8) is 0 Å². The third-order valence-corrected chi connectivity index (χ3v) is 3.65. The number of thioether (sulfide) groups is 1. The molecule has 1 aliphatic heterocycles. The van der Waals surface area contributed by atoms with E-state index in [1.54, 1.807) is 18.0 Å². The van der Waals surface area contributed by atoms with Gasteiger partial charge in [-0.1, -0.05) is 0 Å². The first-order valence-electron chi connectivity index (χ1n) is 4.90. The van der Waals surface area contributed by atoms with Gasteiger partial charge in [0.15, 0.2) is 0 Å². The minimum absolute atomic E-state index is 0.322. The highest BCUT2D eigenvalue weighted by Gasteiger charge is 2.13. The molecule has 1 aromatic rings. The second kappa shape index (κ2) is 5.84. The largest absolute Gasteiger partial charge is 0.375 e. The number of nitrogens with zero attached hydrogens (tertiary/aromatic N) is 1. The van der Waals surface area contributed by atoms with E-state index in [2.05, 4.69) is 32.3 Å². The van der Waals surface area contributed by atoms with E-state index >= 15 is 0 Å². The fourth-order valence-corrected chi connectivity index (χ4v) is 2.84. The highest BCUT2D eigenvalue weighted by molar-refractivity contribution is 9.10. The Morgan fingerprint density at radius 2 is 2.53 bits per heavy atom. The number of pyridine rings is 1. The lowest BCUT2D eigenvalue weighted by atomic mass is 10.3. The lowest BCUT2D eigenvalue weighted by molar-refractivity contribution is 0.0441. The van der Waals surface area contributed by atoms with Crippen LogP contribution in [0.2, 0.25) is 0 Å². The minimum atomic E-state index is 0.322. The number of halogens is 1. The van der Waals surface area contributed by atoms with E-state index in [9.17, 15) is 0 Å². The van der Waals surface area contributed by atoms with Gasteiger partial charge in [-0.05, 0) is 22.0 Å². The van der Waals surface area contributed by atoms with Crippen LogP contribution in [0, 0.1) is 0 Å². The highest BCUT2D eigenvalue weighted by Crippen LogP contribution is 2.22. The first kappa shape index (κ1) is 11.4. The zero-order chi connectivity index (χ0) is 10.5. The average molecular weight is 289 g/mol. The summed E-state index contributed by atoms with van der Waals surface area (Å²) >= 11 is 5.19. The summed E-state index contributed by atoms with van der Waals surface area (Å²) in [7, 11) is 0. The van der Waals surface area contributed by atoms with Crippen LogP contribution >= 0.6 is 27.7 Å². The summed E-state index contributed by atoms with van der Waals surface area (Å²) in [5, 5.41) is 3.32. The van der Waals surface area contributed by atoms with Crippen LogP contribution in [0.25, 0.3) is 0 Å². The predicted octanol–water partition coefficient (Wildman–Crippen LogP) is 1.92. The SMILES string of the molecule is Brc1cncc(SCC2CNCCO2)c1. The number of morpholine rings is 1. The molecule has 1 unspecified atom stereocenters. The van der Waals surface area contributed by atoms with E-state index in [0.717, 1.165) is 29.9 Å². The number of ether oxygens (including phenoxy) is 1. The molecule has 1 fully saturated rings. The van der Waals surface area contributed by atoms with E-state index in [1.165, 1.54) is 4.90 Å². The Balaban J connectivity index is 1.81. The van der Waals surface area contributed by atoms with E-state index < -0.39 is 0 Å². The molecule has 5 heteroatoms. The Morgan fingerprint density at radius 1 is 1.60 bits per heavy atom. The lowest BCUT2D eigenvalue weighted by Gasteiger charge is -2.23. The van der Waals surface area contributed by atoms with Gasteiger partial charge in [-0.3, -0.25) is 4.98 Å². The number of nitrogens with one attached hydrogen (secondary N) is 1. The summed E-state index contributed by atoms with van der Waals surface area (Å²) in [6.07, 6.45) is 4.00. The Bertz CT molecular complexity index is 318. The Labute approximate surface area is 102 Å². The normalized spacial score (nSPS) is 21.5. The molecule has 15 heavy (non-hydrogen) atoms. The first-order valence-corrected chi connectivity index (χ1v) is 6.68. The molecule has 2 heterocycles. The van der Waals surface area contributed by atoms with Gasteiger partial charge >= 0.3 is 0 Å². The molecule has 1 N–H and O–H groups in total. The van der Waals surface area contributed by atoms with Crippen molar-refractivity contribution in [2.24, 2.45) is 0 Å². The smallest absolute Gasteiger partial charge is 0.0793 e. The number of hydrogen-bond donors (Lipinski definition) is 1. The van der Waals surface area contributed by atoms with Gasteiger partial charge in [-0.15, -0.1) is 11.8 Å². The molecule has 0 saturated carbocycles. The summed E-state index contributed by atoms with van der Waals surface area (Å²) in [5.41, 5.74) is 0. The molecule has 1 atom stereocenters. The van der Waals surface area contributed by atoms with E-state index in [-0.39, 0.29) is 0 Å². The van der Waals surface area contributed by atoms with Crippen molar-refractivity contribution in [1.82, 2.24) is 10.3 Å². The van der Waals surface area contributed by atoms with Gasteiger partial charge in [-0.2, -0.15) is 0 Å². The number of aromatic nitrogens is 1. The lowest BCUT2D eigenvalue weighted by Crippen LogP contribution is -2.39. The minimum Gasteiger partial charge on any atom is -0.375 e. The molecule has 1 aliphatic rings. The Kier molecular flexibility index (Phi) is 4.43. The predicted molar refractivity (Wildman–Crippen MR) is 65.3 cm³/mol. The van der Waals surface area contributed by atoms with Crippen LogP contribution in [-0.4, -0.2) is 36.5 Å². The van der Waals surface area contributed by atoms with Crippen molar-refractivity contribution in [3.8, 4) is 0 Å². The van der Waals surface area contributed by atoms with Crippen molar-refractivity contribution >= 4 is 27.7 Å². The second-order valence-corrected chi connectivity index (χ2v) is 5.36. The van der Waals surface area contributed by atoms with Gasteiger partial charge in [0.2, 0.25) is 0 Å². The molecule has 1 aromatic heterocycles. The fraction of sp³-hybridized carbons (Fsp3) is 0.500. The van der Waals surface area contributed by atoms with Crippen LogP contribution in [0.3, 0.4) is 0 Å². The Morgan fingerprint density at radius 3 is 3.27 bits per heavy atom. The van der Waals surface area contributed by atoms with Crippen molar-refractivity contribution in [1.29, 1.82) is 0 Å². The van der Waals surface area contributed by atoms with Crippen molar-refractivity contribution in [3.05, 3.63) is 22.9 Å². The van der Waals surface area contributed by atoms with Crippen molar-refractivity contribution in [2.75, 3.05) is 25.4 Å². The molecular formula is C10H13BrN2OS. The standard InChI is InChI=1S/C10H13BrN2OS/c11-8-3-10(6-13-4-8)15-7-9-5-12-1-2-14-9/h3-4,6,9,12H,1-2,5,7H2. The van der Waals surface area contributed by atoms with Gasteiger partial charge in [0.05, 0.1) is 12.7 Å². The quantitative estimate of drug-likeness (QED) is 0.862. The zero-order valence-electron chi connectivity index (χ0n) is 8.28. The molecule has 0 radical (unpaired) electrons. The van der Waals surface area contributed by atoms with Crippen molar-refractivity contribution < 1.29 is 4.74 Å². The fourth-order valence-electron chi connectivity index (χ4n) is 1.39. The summed E-state index contributed by atoms with van der Waals surface area (Å²) in [4.78, 5) is 5.30.